The summed E-state index contributed by atoms with van der Waals surface area (Å²) < 4.78 is 27.6. The van der Waals surface area contributed by atoms with Crippen LogP contribution in [0.5, 0.6) is 0 Å². The molecule has 0 saturated heterocycles. The molecular formula is C24H25ClF2N2O. The van der Waals surface area contributed by atoms with E-state index in [0.717, 1.165) is 17.2 Å². The fraction of sp³-hybridized carbons (Fsp3) is 0.208. The molecule has 3 aromatic carbocycles. The normalized spacial score (nSPS) is 11.5. The number of amides is 1. The van der Waals surface area contributed by atoms with Gasteiger partial charge >= 0.3 is 0 Å². The van der Waals surface area contributed by atoms with Gasteiger partial charge in [-0.2, -0.15) is 0 Å². The lowest BCUT2D eigenvalue weighted by atomic mass is 10.0. The van der Waals surface area contributed by atoms with Gasteiger partial charge in [-0.1, -0.05) is 48.5 Å². The predicted molar refractivity (Wildman–Crippen MR) is 119 cm³/mol. The summed E-state index contributed by atoms with van der Waals surface area (Å²) in [5.74, 6) is -2.07. The molecule has 3 nitrogen and oxygen atoms in total. The molecule has 0 radical (unpaired) electrons. The molecular weight excluding hydrogens is 406 g/mol. The first-order valence-corrected chi connectivity index (χ1v) is 9.50. The van der Waals surface area contributed by atoms with Crippen molar-refractivity contribution in [2.75, 3.05) is 11.4 Å². The largest absolute Gasteiger partial charge is 0.316 e. The first-order chi connectivity index (χ1) is 13.9. The van der Waals surface area contributed by atoms with Gasteiger partial charge in [0, 0.05) is 12.2 Å². The van der Waals surface area contributed by atoms with Crippen molar-refractivity contribution >= 4 is 24.0 Å². The fourth-order valence-electron chi connectivity index (χ4n) is 3.20. The summed E-state index contributed by atoms with van der Waals surface area (Å²) in [4.78, 5) is 14.8. The van der Waals surface area contributed by atoms with Gasteiger partial charge in [-0.3, -0.25) is 4.79 Å². The van der Waals surface area contributed by atoms with E-state index >= 15 is 0 Å². The number of hydrogen-bond acceptors (Lipinski definition) is 2. The van der Waals surface area contributed by atoms with Gasteiger partial charge < -0.3 is 10.6 Å². The quantitative estimate of drug-likeness (QED) is 0.578. The van der Waals surface area contributed by atoms with Crippen LogP contribution in [0.1, 0.15) is 28.3 Å². The lowest BCUT2D eigenvalue weighted by molar-refractivity contribution is -0.120. The number of nitrogens with two attached hydrogens (primary N) is 1. The molecule has 0 unspecified atom stereocenters. The average molecular weight is 431 g/mol. The van der Waals surface area contributed by atoms with Gasteiger partial charge in [-0.25, -0.2) is 8.78 Å². The van der Waals surface area contributed by atoms with Gasteiger partial charge in [0.15, 0.2) is 11.6 Å². The van der Waals surface area contributed by atoms with Gasteiger partial charge in [0.05, 0.1) is 0 Å². The molecule has 3 aromatic rings. The van der Waals surface area contributed by atoms with Gasteiger partial charge in [-0.15, -0.1) is 12.4 Å². The van der Waals surface area contributed by atoms with E-state index in [0.29, 0.717) is 11.3 Å². The van der Waals surface area contributed by atoms with E-state index < -0.39 is 17.7 Å². The minimum Gasteiger partial charge on any atom is -0.316 e. The van der Waals surface area contributed by atoms with Crippen molar-refractivity contribution in [1.82, 2.24) is 0 Å². The Labute approximate surface area is 181 Å². The summed E-state index contributed by atoms with van der Waals surface area (Å²) >= 11 is 0. The second kappa shape index (κ2) is 10.3. The topological polar surface area (TPSA) is 46.3 Å². The van der Waals surface area contributed by atoms with Crippen molar-refractivity contribution in [1.29, 1.82) is 0 Å². The Morgan fingerprint density at radius 1 is 0.967 bits per heavy atom. The molecule has 2 N–H and O–H groups in total. The van der Waals surface area contributed by atoms with Crippen LogP contribution in [0.15, 0.2) is 66.7 Å². The third-order valence-corrected chi connectivity index (χ3v) is 5.13. The minimum atomic E-state index is -0.896. The van der Waals surface area contributed by atoms with Gasteiger partial charge in [0.25, 0.3) is 0 Å². The lowest BCUT2D eigenvalue weighted by Gasteiger charge is -2.27. The summed E-state index contributed by atoms with van der Waals surface area (Å²) in [7, 11) is 0. The van der Waals surface area contributed by atoms with Crippen molar-refractivity contribution in [2.24, 2.45) is 5.73 Å². The Balaban J connectivity index is 0.00000320. The SMILES string of the molecule is Cc1ccc(N(CCc2cccc(F)c2F)C(=O)[C@@H](N)c2ccccc2)cc1C.Cl. The molecule has 1 amide bonds. The van der Waals surface area contributed by atoms with Gasteiger partial charge in [0.1, 0.15) is 6.04 Å². The third-order valence-electron chi connectivity index (χ3n) is 5.13. The molecule has 0 heterocycles. The first kappa shape index (κ1) is 23.5. The van der Waals surface area contributed by atoms with Crippen LogP contribution >= 0.6 is 12.4 Å². The summed E-state index contributed by atoms with van der Waals surface area (Å²) in [5, 5.41) is 0. The first-order valence-electron chi connectivity index (χ1n) is 9.50. The molecule has 3 rings (SSSR count). The Bertz CT molecular complexity index is 1010. The van der Waals surface area contributed by atoms with Crippen LogP contribution < -0.4 is 10.6 Å². The minimum absolute atomic E-state index is 0. The van der Waals surface area contributed by atoms with E-state index in [1.54, 1.807) is 17.0 Å². The molecule has 6 heteroatoms. The van der Waals surface area contributed by atoms with Crippen LogP contribution in [0.25, 0.3) is 0 Å². The zero-order valence-electron chi connectivity index (χ0n) is 16.9. The number of nitrogens with zero attached hydrogens (tertiary/aromatic N) is 1. The maximum Gasteiger partial charge on any atom is 0.248 e. The Morgan fingerprint density at radius 3 is 2.33 bits per heavy atom. The highest BCUT2D eigenvalue weighted by Crippen LogP contribution is 2.24. The third kappa shape index (κ3) is 5.23. The summed E-state index contributed by atoms with van der Waals surface area (Å²) in [6, 6.07) is 18.0. The summed E-state index contributed by atoms with van der Waals surface area (Å²) in [5.41, 5.74) is 9.98. The van der Waals surface area contributed by atoms with Crippen LogP contribution in [0.2, 0.25) is 0 Å². The number of halogens is 3. The van der Waals surface area contributed by atoms with Crippen molar-refractivity contribution in [3.63, 3.8) is 0 Å². The average Bonchev–Trinajstić information content (AvgIpc) is 2.73. The number of hydrogen-bond donors (Lipinski definition) is 1. The molecule has 0 aliphatic carbocycles. The number of carbonyl (C=O) groups is 1. The highest BCUT2D eigenvalue weighted by atomic mass is 35.5. The second-order valence-corrected chi connectivity index (χ2v) is 7.11. The predicted octanol–water partition coefficient (Wildman–Crippen LogP) is 5.28. The standard InChI is InChI=1S/C24H24F2N2O.ClH/c1-16-11-12-20(15-17(16)2)28(14-13-18-9-6-10-21(25)22(18)26)24(29)23(27)19-7-4-3-5-8-19;/h3-12,15,23H,13-14,27H2,1-2H3;1H/t23-;/m0./s1. The van der Waals surface area contributed by atoms with E-state index in [9.17, 15) is 13.6 Å². The van der Waals surface area contributed by atoms with Crippen LogP contribution in [0, 0.1) is 25.5 Å². The van der Waals surface area contributed by atoms with E-state index in [4.69, 9.17) is 5.73 Å². The highest BCUT2D eigenvalue weighted by molar-refractivity contribution is 5.97. The van der Waals surface area contributed by atoms with Crippen LogP contribution in [0.4, 0.5) is 14.5 Å². The monoisotopic (exact) mass is 430 g/mol. The van der Waals surface area contributed by atoms with Gasteiger partial charge in [-0.05, 0) is 60.7 Å². The van der Waals surface area contributed by atoms with Crippen molar-refractivity contribution in [3.8, 4) is 0 Å². The Morgan fingerprint density at radius 2 is 1.67 bits per heavy atom. The van der Waals surface area contributed by atoms with Crippen LogP contribution in [-0.4, -0.2) is 12.5 Å². The second-order valence-electron chi connectivity index (χ2n) is 7.11. The zero-order chi connectivity index (χ0) is 21.0. The Hall–Kier alpha value is -2.76. The van der Waals surface area contributed by atoms with Crippen molar-refractivity contribution < 1.29 is 13.6 Å². The molecule has 0 aliphatic rings. The summed E-state index contributed by atoms with van der Waals surface area (Å²) in [6.45, 7) is 4.14. The molecule has 1 atom stereocenters. The molecule has 0 saturated carbocycles. The van der Waals surface area contributed by atoms with Crippen LogP contribution in [0.3, 0.4) is 0 Å². The van der Waals surface area contributed by atoms with E-state index in [-0.39, 0.29) is 36.8 Å². The Kier molecular flexibility index (Phi) is 8.09. The summed E-state index contributed by atoms with van der Waals surface area (Å²) in [6.07, 6.45) is 0.170. The van der Waals surface area contributed by atoms with Crippen LogP contribution in [-0.2, 0) is 11.2 Å². The molecule has 30 heavy (non-hydrogen) atoms. The number of rotatable bonds is 6. The lowest BCUT2D eigenvalue weighted by Crippen LogP contribution is -2.40. The molecule has 158 valence electrons. The molecule has 0 fully saturated rings. The van der Waals surface area contributed by atoms with Crippen molar-refractivity contribution in [3.05, 3.63) is 101 Å². The van der Waals surface area contributed by atoms with E-state index in [1.165, 1.54) is 12.1 Å². The number of benzene rings is 3. The molecule has 0 aromatic heterocycles. The molecule has 0 spiro atoms. The van der Waals surface area contributed by atoms with E-state index in [2.05, 4.69) is 0 Å². The molecule has 0 bridgehead atoms. The van der Waals surface area contributed by atoms with Crippen molar-refractivity contribution in [2.45, 2.75) is 26.3 Å². The maximum absolute atomic E-state index is 14.1. The number of carbonyl (C=O) groups excluding carboxylic acids is 1. The molecule has 0 aliphatic heterocycles. The van der Waals surface area contributed by atoms with Gasteiger partial charge in [0.2, 0.25) is 5.91 Å². The van der Waals surface area contributed by atoms with E-state index in [1.807, 2.05) is 50.2 Å². The fourth-order valence-corrected chi connectivity index (χ4v) is 3.20. The zero-order valence-corrected chi connectivity index (χ0v) is 17.8. The smallest absolute Gasteiger partial charge is 0.248 e. The number of aryl methyl sites for hydroxylation is 2. The highest BCUT2D eigenvalue weighted by Gasteiger charge is 2.24. The maximum atomic E-state index is 14.1. The number of anilines is 1.